The standard InChI is InChI=1S/C17H21N5OS/c1-24-17-14(3-2-6-20-17)16(23)21-11-13-4-9-22(10-5-13)15-12-18-7-8-19-15/h2-3,6-8,12-13H,4-5,9-11H2,1H3,(H,21,23). The number of aromatic nitrogens is 3. The molecule has 24 heavy (non-hydrogen) atoms. The lowest BCUT2D eigenvalue weighted by molar-refractivity contribution is 0.0941. The number of pyridine rings is 1. The van der Waals surface area contributed by atoms with E-state index in [4.69, 9.17) is 0 Å². The van der Waals surface area contributed by atoms with Crippen LogP contribution in [0.5, 0.6) is 0 Å². The van der Waals surface area contributed by atoms with Crippen molar-refractivity contribution in [3.8, 4) is 0 Å². The van der Waals surface area contributed by atoms with E-state index in [-0.39, 0.29) is 5.91 Å². The first-order valence-corrected chi connectivity index (χ1v) is 9.28. The number of amides is 1. The maximum absolute atomic E-state index is 12.4. The molecular weight excluding hydrogens is 322 g/mol. The molecule has 0 bridgehead atoms. The molecule has 0 aliphatic carbocycles. The molecule has 0 spiro atoms. The SMILES string of the molecule is CSc1ncccc1C(=O)NCC1CCN(c2cnccn2)CC1. The quantitative estimate of drug-likeness (QED) is 0.840. The van der Waals surface area contributed by atoms with Gasteiger partial charge in [0.15, 0.2) is 0 Å². The second-order valence-electron chi connectivity index (χ2n) is 5.76. The van der Waals surface area contributed by atoms with Gasteiger partial charge in [-0.2, -0.15) is 0 Å². The number of carbonyl (C=O) groups excluding carboxylic acids is 1. The molecule has 0 atom stereocenters. The van der Waals surface area contributed by atoms with Gasteiger partial charge in [0, 0.05) is 38.2 Å². The Bertz CT molecular complexity index is 674. The first-order chi connectivity index (χ1) is 11.8. The number of hydrogen-bond acceptors (Lipinski definition) is 6. The summed E-state index contributed by atoms with van der Waals surface area (Å²) in [5.74, 6) is 1.39. The topological polar surface area (TPSA) is 71.0 Å². The minimum absolute atomic E-state index is 0.0381. The van der Waals surface area contributed by atoms with Crippen LogP contribution >= 0.6 is 11.8 Å². The van der Waals surface area contributed by atoms with E-state index in [1.165, 1.54) is 11.8 Å². The molecule has 0 saturated carbocycles. The smallest absolute Gasteiger partial charge is 0.254 e. The van der Waals surface area contributed by atoms with Crippen LogP contribution < -0.4 is 10.2 Å². The molecule has 3 heterocycles. The van der Waals surface area contributed by atoms with E-state index in [0.29, 0.717) is 18.0 Å². The van der Waals surface area contributed by atoms with E-state index < -0.39 is 0 Å². The van der Waals surface area contributed by atoms with Gasteiger partial charge in [0.05, 0.1) is 11.8 Å². The fraction of sp³-hybridized carbons (Fsp3) is 0.412. The van der Waals surface area contributed by atoms with Crippen molar-refractivity contribution in [3.63, 3.8) is 0 Å². The monoisotopic (exact) mass is 343 g/mol. The molecule has 126 valence electrons. The average molecular weight is 343 g/mol. The van der Waals surface area contributed by atoms with Crippen molar-refractivity contribution in [1.29, 1.82) is 0 Å². The first-order valence-electron chi connectivity index (χ1n) is 8.06. The molecular formula is C17H21N5OS. The van der Waals surface area contributed by atoms with Crippen LogP contribution in [0.25, 0.3) is 0 Å². The maximum Gasteiger partial charge on any atom is 0.254 e. The van der Waals surface area contributed by atoms with Crippen molar-refractivity contribution in [2.45, 2.75) is 17.9 Å². The van der Waals surface area contributed by atoms with Crippen molar-refractivity contribution in [1.82, 2.24) is 20.3 Å². The predicted octanol–water partition coefficient (Wildman–Crippen LogP) is 2.24. The molecule has 1 aliphatic heterocycles. The van der Waals surface area contributed by atoms with Crippen LogP contribution in [0.2, 0.25) is 0 Å². The third-order valence-electron chi connectivity index (χ3n) is 4.25. The zero-order valence-corrected chi connectivity index (χ0v) is 14.5. The lowest BCUT2D eigenvalue weighted by Gasteiger charge is -2.32. The van der Waals surface area contributed by atoms with Gasteiger partial charge in [0.1, 0.15) is 10.8 Å². The summed E-state index contributed by atoms with van der Waals surface area (Å²) in [6.07, 6.45) is 10.9. The second kappa shape index (κ2) is 8.10. The summed E-state index contributed by atoms with van der Waals surface area (Å²) < 4.78 is 0. The third-order valence-corrected chi connectivity index (χ3v) is 4.96. The van der Waals surface area contributed by atoms with E-state index in [0.717, 1.165) is 36.8 Å². The summed E-state index contributed by atoms with van der Waals surface area (Å²) in [4.78, 5) is 27.3. The number of piperidine rings is 1. The van der Waals surface area contributed by atoms with Gasteiger partial charge < -0.3 is 10.2 Å². The molecule has 0 unspecified atom stereocenters. The Labute approximate surface area is 146 Å². The van der Waals surface area contributed by atoms with Crippen molar-refractivity contribution >= 4 is 23.5 Å². The van der Waals surface area contributed by atoms with E-state index >= 15 is 0 Å². The zero-order valence-electron chi connectivity index (χ0n) is 13.7. The maximum atomic E-state index is 12.4. The molecule has 1 fully saturated rings. The van der Waals surface area contributed by atoms with Gasteiger partial charge in [0.25, 0.3) is 5.91 Å². The van der Waals surface area contributed by atoms with Gasteiger partial charge in [-0.25, -0.2) is 9.97 Å². The predicted molar refractivity (Wildman–Crippen MR) is 95.3 cm³/mol. The lowest BCUT2D eigenvalue weighted by Crippen LogP contribution is -2.39. The number of rotatable bonds is 5. The van der Waals surface area contributed by atoms with Crippen LogP contribution in [0.1, 0.15) is 23.2 Å². The molecule has 3 rings (SSSR count). The minimum atomic E-state index is -0.0381. The summed E-state index contributed by atoms with van der Waals surface area (Å²) >= 11 is 1.49. The van der Waals surface area contributed by atoms with Crippen molar-refractivity contribution < 1.29 is 4.79 Å². The molecule has 1 N–H and O–H groups in total. The van der Waals surface area contributed by atoms with Crippen LogP contribution in [-0.4, -0.2) is 46.7 Å². The third kappa shape index (κ3) is 4.03. The Hall–Kier alpha value is -2.15. The van der Waals surface area contributed by atoms with E-state index in [1.54, 1.807) is 30.9 Å². The Morgan fingerprint density at radius 1 is 1.29 bits per heavy atom. The van der Waals surface area contributed by atoms with Crippen molar-refractivity contribution in [2.75, 3.05) is 30.8 Å². The van der Waals surface area contributed by atoms with Crippen molar-refractivity contribution in [2.24, 2.45) is 5.92 Å². The number of nitrogens with zero attached hydrogens (tertiary/aromatic N) is 4. The molecule has 1 aliphatic rings. The summed E-state index contributed by atoms with van der Waals surface area (Å²) in [5.41, 5.74) is 0.655. The Morgan fingerprint density at radius 2 is 2.12 bits per heavy atom. The van der Waals surface area contributed by atoms with E-state index in [2.05, 4.69) is 25.2 Å². The van der Waals surface area contributed by atoms with Gasteiger partial charge in [-0.3, -0.25) is 9.78 Å². The molecule has 0 radical (unpaired) electrons. The number of hydrogen-bond donors (Lipinski definition) is 1. The van der Waals surface area contributed by atoms with Crippen LogP contribution in [-0.2, 0) is 0 Å². The van der Waals surface area contributed by atoms with Gasteiger partial charge in [-0.1, -0.05) is 0 Å². The van der Waals surface area contributed by atoms with Crippen molar-refractivity contribution in [3.05, 3.63) is 42.5 Å². The summed E-state index contributed by atoms with van der Waals surface area (Å²) in [5, 5.41) is 3.83. The average Bonchev–Trinajstić information content (AvgIpc) is 2.67. The molecule has 1 amide bonds. The molecule has 0 aromatic carbocycles. The second-order valence-corrected chi connectivity index (χ2v) is 6.56. The molecule has 6 nitrogen and oxygen atoms in total. The number of thioether (sulfide) groups is 1. The minimum Gasteiger partial charge on any atom is -0.355 e. The van der Waals surface area contributed by atoms with Crippen LogP contribution in [0.3, 0.4) is 0 Å². The molecule has 2 aromatic rings. The zero-order chi connectivity index (χ0) is 16.8. The van der Waals surface area contributed by atoms with Gasteiger partial charge in [-0.15, -0.1) is 11.8 Å². The molecule has 7 heteroatoms. The number of nitrogens with one attached hydrogen (secondary N) is 1. The summed E-state index contributed by atoms with van der Waals surface area (Å²) in [7, 11) is 0. The number of carbonyl (C=O) groups is 1. The van der Waals surface area contributed by atoms with Gasteiger partial charge in [-0.05, 0) is 37.1 Å². The van der Waals surface area contributed by atoms with Crippen LogP contribution in [0.15, 0.2) is 41.9 Å². The lowest BCUT2D eigenvalue weighted by atomic mass is 9.96. The van der Waals surface area contributed by atoms with Crippen LogP contribution in [0.4, 0.5) is 5.82 Å². The molecule has 1 saturated heterocycles. The van der Waals surface area contributed by atoms with E-state index in [9.17, 15) is 4.79 Å². The number of anilines is 1. The first kappa shape index (κ1) is 16.7. The largest absolute Gasteiger partial charge is 0.355 e. The van der Waals surface area contributed by atoms with E-state index in [1.807, 2.05) is 12.3 Å². The van der Waals surface area contributed by atoms with Gasteiger partial charge >= 0.3 is 0 Å². The highest BCUT2D eigenvalue weighted by molar-refractivity contribution is 7.98. The molecule has 2 aromatic heterocycles. The highest BCUT2D eigenvalue weighted by Crippen LogP contribution is 2.21. The normalized spacial score (nSPS) is 15.3. The summed E-state index contributed by atoms with van der Waals surface area (Å²) in [6.45, 7) is 2.60. The highest BCUT2D eigenvalue weighted by atomic mass is 32.2. The highest BCUT2D eigenvalue weighted by Gasteiger charge is 2.21. The van der Waals surface area contributed by atoms with Gasteiger partial charge in [0.2, 0.25) is 0 Å². The van der Waals surface area contributed by atoms with Crippen LogP contribution in [0, 0.1) is 5.92 Å². The summed E-state index contributed by atoms with van der Waals surface area (Å²) in [6, 6.07) is 3.62. The fourth-order valence-corrected chi connectivity index (χ4v) is 3.43. The fourth-order valence-electron chi connectivity index (χ4n) is 2.88. The Kier molecular flexibility index (Phi) is 5.63. The Balaban J connectivity index is 1.49. The Morgan fingerprint density at radius 3 is 2.83 bits per heavy atom.